The number of aromatic nitrogens is 3. The Morgan fingerprint density at radius 2 is 2.04 bits per heavy atom. The van der Waals surface area contributed by atoms with Crippen molar-refractivity contribution < 1.29 is 4.79 Å². The number of amides is 1. The number of pyridine rings is 1. The molecular formula is C17H13N5O. The Balaban J connectivity index is 2.08. The summed E-state index contributed by atoms with van der Waals surface area (Å²) in [5.74, 6) is -0.0907. The van der Waals surface area contributed by atoms with Crippen molar-refractivity contribution in [3.8, 4) is 23.0 Å². The van der Waals surface area contributed by atoms with Crippen molar-refractivity contribution >= 4 is 5.91 Å². The maximum atomic E-state index is 11.3. The molecule has 0 radical (unpaired) electrons. The van der Waals surface area contributed by atoms with Gasteiger partial charge >= 0.3 is 0 Å². The van der Waals surface area contributed by atoms with E-state index >= 15 is 0 Å². The normalized spacial score (nSPS) is 10.3. The number of aryl methyl sites for hydroxylation is 1. The van der Waals surface area contributed by atoms with Gasteiger partial charge in [0.25, 0.3) is 5.91 Å². The molecule has 2 aromatic heterocycles. The van der Waals surface area contributed by atoms with Crippen molar-refractivity contribution in [2.75, 3.05) is 0 Å². The molecule has 6 heteroatoms. The lowest BCUT2D eigenvalue weighted by atomic mass is 10.0. The first kappa shape index (κ1) is 14.5. The van der Waals surface area contributed by atoms with Gasteiger partial charge in [0.1, 0.15) is 0 Å². The summed E-state index contributed by atoms with van der Waals surface area (Å²) in [6.07, 6.45) is 3.15. The molecule has 6 nitrogen and oxygen atoms in total. The molecule has 1 aromatic carbocycles. The fourth-order valence-electron chi connectivity index (χ4n) is 2.33. The molecule has 0 fully saturated rings. The van der Waals surface area contributed by atoms with Gasteiger partial charge in [0.15, 0.2) is 5.82 Å². The molecule has 1 amide bonds. The molecule has 0 saturated heterocycles. The minimum atomic E-state index is -0.546. The van der Waals surface area contributed by atoms with Crippen LogP contribution in [0, 0.1) is 18.3 Å². The number of rotatable bonds is 3. The van der Waals surface area contributed by atoms with Gasteiger partial charge in [-0.15, -0.1) is 0 Å². The molecule has 23 heavy (non-hydrogen) atoms. The van der Waals surface area contributed by atoms with E-state index < -0.39 is 5.91 Å². The Bertz CT molecular complexity index is 922. The third-order valence-corrected chi connectivity index (χ3v) is 3.49. The Hall–Kier alpha value is -3.46. The molecule has 0 saturated carbocycles. The summed E-state index contributed by atoms with van der Waals surface area (Å²) in [5.41, 5.74) is 8.29. The first-order valence-electron chi connectivity index (χ1n) is 6.92. The quantitative estimate of drug-likeness (QED) is 0.802. The lowest BCUT2D eigenvalue weighted by molar-refractivity contribution is 0.0999. The standard InChI is InChI=1S/C17H13N5O/c1-11-15(17(19)23)10-22(21-11)16-7-13(8-18)14(9-20-16)12-5-3-2-4-6-12/h2-7,9-10H,1H3,(H2,19,23). The molecule has 3 aromatic rings. The van der Waals surface area contributed by atoms with E-state index in [-0.39, 0.29) is 0 Å². The molecule has 0 aliphatic rings. The molecular weight excluding hydrogens is 290 g/mol. The van der Waals surface area contributed by atoms with Crippen molar-refractivity contribution in [2.45, 2.75) is 6.92 Å². The van der Waals surface area contributed by atoms with E-state index in [0.717, 1.165) is 11.1 Å². The van der Waals surface area contributed by atoms with Crippen LogP contribution in [0.4, 0.5) is 0 Å². The van der Waals surface area contributed by atoms with Crippen LogP contribution >= 0.6 is 0 Å². The molecule has 0 aliphatic carbocycles. The van der Waals surface area contributed by atoms with Crippen LogP contribution < -0.4 is 5.73 Å². The first-order valence-corrected chi connectivity index (χ1v) is 6.92. The summed E-state index contributed by atoms with van der Waals surface area (Å²) in [7, 11) is 0. The van der Waals surface area contributed by atoms with Gasteiger partial charge in [-0.3, -0.25) is 4.79 Å². The molecule has 0 bridgehead atoms. The topological polar surface area (TPSA) is 97.6 Å². The first-order chi connectivity index (χ1) is 11.1. The Labute approximate surface area is 132 Å². The van der Waals surface area contributed by atoms with E-state index in [1.807, 2.05) is 30.3 Å². The molecule has 0 unspecified atom stereocenters. The van der Waals surface area contributed by atoms with Crippen LogP contribution in [0.15, 0.2) is 48.8 Å². The largest absolute Gasteiger partial charge is 0.365 e. The second kappa shape index (κ2) is 5.73. The number of carbonyl (C=O) groups excluding carboxylic acids is 1. The minimum Gasteiger partial charge on any atom is -0.365 e. The van der Waals surface area contributed by atoms with E-state index in [0.29, 0.717) is 22.6 Å². The van der Waals surface area contributed by atoms with E-state index in [1.54, 1.807) is 19.2 Å². The Morgan fingerprint density at radius 1 is 1.30 bits per heavy atom. The van der Waals surface area contributed by atoms with Crippen LogP contribution in [-0.2, 0) is 0 Å². The monoisotopic (exact) mass is 303 g/mol. The van der Waals surface area contributed by atoms with Gasteiger partial charge in [0, 0.05) is 24.0 Å². The highest BCUT2D eigenvalue weighted by Crippen LogP contribution is 2.24. The maximum absolute atomic E-state index is 11.3. The van der Waals surface area contributed by atoms with Gasteiger partial charge in [0.05, 0.1) is 22.9 Å². The second-order valence-corrected chi connectivity index (χ2v) is 5.00. The maximum Gasteiger partial charge on any atom is 0.252 e. The van der Waals surface area contributed by atoms with Crippen LogP contribution in [0.5, 0.6) is 0 Å². The molecule has 2 N–H and O–H groups in total. The summed E-state index contributed by atoms with van der Waals surface area (Å²) in [4.78, 5) is 15.7. The minimum absolute atomic E-state index is 0.331. The van der Waals surface area contributed by atoms with Crippen LogP contribution in [0.1, 0.15) is 21.6 Å². The van der Waals surface area contributed by atoms with E-state index in [9.17, 15) is 10.1 Å². The van der Waals surface area contributed by atoms with E-state index in [4.69, 9.17) is 5.73 Å². The summed E-state index contributed by atoms with van der Waals surface area (Å²) in [5, 5.41) is 13.6. The van der Waals surface area contributed by atoms with Gasteiger partial charge in [-0.2, -0.15) is 10.4 Å². The second-order valence-electron chi connectivity index (χ2n) is 5.00. The van der Waals surface area contributed by atoms with E-state index in [1.165, 1.54) is 10.9 Å². The van der Waals surface area contributed by atoms with Crippen molar-refractivity contribution in [1.29, 1.82) is 5.26 Å². The molecule has 3 rings (SSSR count). The zero-order valence-corrected chi connectivity index (χ0v) is 12.4. The van der Waals surface area contributed by atoms with Crippen molar-refractivity contribution in [2.24, 2.45) is 5.73 Å². The predicted octanol–water partition coefficient (Wildman–Crippen LogP) is 2.21. The van der Waals surface area contributed by atoms with Gasteiger partial charge in [-0.1, -0.05) is 30.3 Å². The van der Waals surface area contributed by atoms with Gasteiger partial charge in [-0.05, 0) is 12.5 Å². The SMILES string of the molecule is Cc1nn(-c2cc(C#N)c(-c3ccccc3)cn2)cc1C(N)=O. The highest BCUT2D eigenvalue weighted by molar-refractivity contribution is 5.93. The lowest BCUT2D eigenvalue weighted by Gasteiger charge is -2.06. The van der Waals surface area contributed by atoms with E-state index in [2.05, 4.69) is 16.2 Å². The third-order valence-electron chi connectivity index (χ3n) is 3.49. The van der Waals surface area contributed by atoms with Crippen molar-refractivity contribution in [3.63, 3.8) is 0 Å². The number of nitriles is 1. The number of carbonyl (C=O) groups is 1. The van der Waals surface area contributed by atoms with Crippen molar-refractivity contribution in [3.05, 3.63) is 65.6 Å². The summed E-state index contributed by atoms with van der Waals surface area (Å²) < 4.78 is 1.45. The molecule has 112 valence electrons. The fraction of sp³-hybridized carbons (Fsp3) is 0.0588. The average Bonchev–Trinajstić information content (AvgIpc) is 2.97. The number of hydrogen-bond donors (Lipinski definition) is 1. The Morgan fingerprint density at radius 3 is 2.65 bits per heavy atom. The lowest BCUT2D eigenvalue weighted by Crippen LogP contribution is -2.11. The number of nitrogens with two attached hydrogens (primary N) is 1. The number of primary amides is 1. The van der Waals surface area contributed by atoms with Gasteiger partial charge < -0.3 is 5.73 Å². The molecule has 0 spiro atoms. The van der Waals surface area contributed by atoms with Crippen molar-refractivity contribution in [1.82, 2.24) is 14.8 Å². The number of benzene rings is 1. The zero-order chi connectivity index (χ0) is 16.4. The van der Waals surface area contributed by atoms with Crippen LogP contribution in [-0.4, -0.2) is 20.7 Å². The van der Waals surface area contributed by atoms with Gasteiger partial charge in [-0.25, -0.2) is 9.67 Å². The summed E-state index contributed by atoms with van der Waals surface area (Å²) in [6, 6.07) is 13.4. The smallest absolute Gasteiger partial charge is 0.252 e. The third kappa shape index (κ3) is 2.68. The highest BCUT2D eigenvalue weighted by atomic mass is 16.1. The molecule has 0 aliphatic heterocycles. The van der Waals surface area contributed by atoms with Crippen LogP contribution in [0.2, 0.25) is 0 Å². The summed E-state index contributed by atoms with van der Waals surface area (Å²) >= 11 is 0. The Kier molecular flexibility index (Phi) is 3.61. The number of nitrogens with zero attached hydrogens (tertiary/aromatic N) is 4. The van der Waals surface area contributed by atoms with Crippen LogP contribution in [0.3, 0.4) is 0 Å². The zero-order valence-electron chi connectivity index (χ0n) is 12.4. The van der Waals surface area contributed by atoms with Crippen LogP contribution in [0.25, 0.3) is 16.9 Å². The fourth-order valence-corrected chi connectivity index (χ4v) is 2.33. The molecule has 2 heterocycles. The highest BCUT2D eigenvalue weighted by Gasteiger charge is 2.13. The van der Waals surface area contributed by atoms with Gasteiger partial charge in [0.2, 0.25) is 0 Å². The molecule has 0 atom stereocenters. The summed E-state index contributed by atoms with van der Waals surface area (Å²) in [6.45, 7) is 1.69. The number of hydrogen-bond acceptors (Lipinski definition) is 4. The average molecular weight is 303 g/mol. The predicted molar refractivity (Wildman–Crippen MR) is 84.8 cm³/mol.